The van der Waals surface area contributed by atoms with Gasteiger partial charge in [-0.1, -0.05) is 13.5 Å². The fourth-order valence-corrected chi connectivity index (χ4v) is 2.55. The smallest absolute Gasteiger partial charge is 0.246 e. The van der Waals surface area contributed by atoms with Crippen LogP contribution in [0.25, 0.3) is 11.2 Å². The first-order valence-corrected chi connectivity index (χ1v) is 7.08. The van der Waals surface area contributed by atoms with Crippen LogP contribution in [-0.2, 0) is 11.2 Å². The molecule has 1 aliphatic rings. The Balaban J connectivity index is 1.78. The summed E-state index contributed by atoms with van der Waals surface area (Å²) in [5.74, 6) is 1.58. The lowest BCUT2D eigenvalue weighted by molar-refractivity contribution is -0.125. The lowest BCUT2D eigenvalue weighted by Crippen LogP contribution is -2.30. The summed E-state index contributed by atoms with van der Waals surface area (Å²) >= 11 is 0. The lowest BCUT2D eigenvalue weighted by atomic mass is 10.2. The zero-order chi connectivity index (χ0) is 14.8. The van der Waals surface area contributed by atoms with E-state index >= 15 is 0 Å². The monoisotopic (exact) mass is 286 g/mol. The Hall–Kier alpha value is -2.44. The molecule has 0 saturated carbocycles. The number of hydrogen-bond donors (Lipinski definition) is 2. The molecular formula is C14H18N6O. The zero-order valence-corrected chi connectivity index (χ0v) is 12.0. The minimum atomic E-state index is -0.0276. The topological polar surface area (TPSA) is 86.8 Å². The number of rotatable bonds is 4. The number of carbonyl (C=O) groups is 1. The van der Waals surface area contributed by atoms with Crippen LogP contribution in [0.5, 0.6) is 0 Å². The largest absolute Gasteiger partial charge is 0.364 e. The molecule has 2 aromatic heterocycles. The molecular weight excluding hydrogens is 268 g/mol. The number of H-pyrrole nitrogens is 1. The van der Waals surface area contributed by atoms with Gasteiger partial charge in [-0.05, 0) is 12.5 Å². The van der Waals surface area contributed by atoms with E-state index in [-0.39, 0.29) is 11.9 Å². The highest BCUT2D eigenvalue weighted by Gasteiger charge is 2.25. The Bertz CT molecular complexity index is 679. The number of aryl methyl sites for hydroxylation is 1. The van der Waals surface area contributed by atoms with E-state index in [0.717, 1.165) is 36.4 Å². The Labute approximate surface area is 122 Å². The number of imidazole rings is 1. The van der Waals surface area contributed by atoms with Crippen LogP contribution in [0.2, 0.25) is 0 Å². The van der Waals surface area contributed by atoms with E-state index < -0.39 is 0 Å². The zero-order valence-electron chi connectivity index (χ0n) is 12.0. The van der Waals surface area contributed by atoms with Crippen molar-refractivity contribution in [1.82, 2.24) is 24.8 Å². The third-order valence-corrected chi connectivity index (χ3v) is 3.68. The van der Waals surface area contributed by atoms with Gasteiger partial charge in [0.1, 0.15) is 12.2 Å². The molecule has 2 N–H and O–H groups in total. The third kappa shape index (κ3) is 2.58. The van der Waals surface area contributed by atoms with Crippen molar-refractivity contribution in [2.45, 2.75) is 25.8 Å². The molecule has 0 bridgehead atoms. The van der Waals surface area contributed by atoms with Crippen molar-refractivity contribution in [1.29, 1.82) is 0 Å². The molecule has 110 valence electrons. The first-order valence-electron chi connectivity index (χ1n) is 7.08. The molecule has 3 heterocycles. The van der Waals surface area contributed by atoms with Gasteiger partial charge < -0.3 is 15.2 Å². The summed E-state index contributed by atoms with van der Waals surface area (Å²) in [6.45, 7) is 6.94. The van der Waals surface area contributed by atoms with Crippen LogP contribution in [0.4, 0.5) is 5.82 Å². The van der Waals surface area contributed by atoms with Gasteiger partial charge in [0.2, 0.25) is 5.91 Å². The summed E-state index contributed by atoms with van der Waals surface area (Å²) in [6, 6.07) is 0.175. The first kappa shape index (κ1) is 13.5. The summed E-state index contributed by atoms with van der Waals surface area (Å²) in [5, 5.41) is 3.37. The van der Waals surface area contributed by atoms with Crippen molar-refractivity contribution in [3.63, 3.8) is 0 Å². The Morgan fingerprint density at radius 3 is 3.24 bits per heavy atom. The summed E-state index contributed by atoms with van der Waals surface area (Å²) in [7, 11) is 0. The number of aromatic nitrogens is 4. The molecule has 1 unspecified atom stereocenters. The van der Waals surface area contributed by atoms with Gasteiger partial charge in [0, 0.05) is 25.6 Å². The molecule has 21 heavy (non-hydrogen) atoms. The van der Waals surface area contributed by atoms with Crippen LogP contribution in [0.1, 0.15) is 19.2 Å². The predicted molar refractivity (Wildman–Crippen MR) is 79.9 cm³/mol. The molecule has 0 aliphatic carbocycles. The van der Waals surface area contributed by atoms with Crippen molar-refractivity contribution in [3.8, 4) is 0 Å². The van der Waals surface area contributed by atoms with Gasteiger partial charge in [-0.3, -0.25) is 4.79 Å². The van der Waals surface area contributed by atoms with E-state index in [1.807, 2.05) is 6.92 Å². The van der Waals surface area contributed by atoms with Crippen molar-refractivity contribution in [3.05, 3.63) is 24.8 Å². The van der Waals surface area contributed by atoms with E-state index in [0.29, 0.717) is 12.4 Å². The van der Waals surface area contributed by atoms with E-state index in [4.69, 9.17) is 0 Å². The summed E-state index contributed by atoms with van der Waals surface area (Å²) in [5.41, 5.74) is 1.49. The Kier molecular flexibility index (Phi) is 3.55. The summed E-state index contributed by atoms with van der Waals surface area (Å²) in [4.78, 5) is 29.5. The average Bonchev–Trinajstić information content (AvgIpc) is 3.13. The first-order chi connectivity index (χ1) is 10.2. The van der Waals surface area contributed by atoms with Crippen LogP contribution >= 0.6 is 0 Å². The standard InChI is InChI=1S/C14H18N6O/c1-3-10-18-12-13(15-8-16-14(12)19-10)17-9-5-6-20(7-9)11(21)4-2/h4,8-9H,2-3,5-7H2,1H3,(H2,15,16,17,18,19). The molecule has 7 heteroatoms. The fourth-order valence-electron chi connectivity index (χ4n) is 2.55. The van der Waals surface area contributed by atoms with Gasteiger partial charge in [-0.25, -0.2) is 15.0 Å². The van der Waals surface area contributed by atoms with Crippen LogP contribution in [0, 0.1) is 0 Å². The normalized spacial score (nSPS) is 18.1. The Morgan fingerprint density at radius 1 is 1.62 bits per heavy atom. The number of aromatic amines is 1. The van der Waals surface area contributed by atoms with Crippen LogP contribution in [0.3, 0.4) is 0 Å². The molecule has 1 atom stereocenters. The second kappa shape index (κ2) is 5.51. The fraction of sp³-hybridized carbons (Fsp3) is 0.429. The molecule has 3 rings (SSSR count). The highest BCUT2D eigenvalue weighted by atomic mass is 16.2. The number of likely N-dealkylation sites (tertiary alicyclic amines) is 1. The molecule has 1 saturated heterocycles. The van der Waals surface area contributed by atoms with Crippen molar-refractivity contribution in [2.75, 3.05) is 18.4 Å². The van der Waals surface area contributed by atoms with Crippen molar-refractivity contribution in [2.24, 2.45) is 0 Å². The quantitative estimate of drug-likeness (QED) is 0.822. The number of hydrogen-bond acceptors (Lipinski definition) is 5. The molecule has 0 spiro atoms. The molecule has 1 amide bonds. The second-order valence-corrected chi connectivity index (χ2v) is 5.07. The number of fused-ring (bicyclic) bond motifs is 1. The lowest BCUT2D eigenvalue weighted by Gasteiger charge is -2.15. The maximum absolute atomic E-state index is 11.6. The highest BCUT2D eigenvalue weighted by Crippen LogP contribution is 2.20. The van der Waals surface area contributed by atoms with E-state index in [1.54, 1.807) is 4.90 Å². The molecule has 1 fully saturated rings. The average molecular weight is 286 g/mol. The number of carbonyl (C=O) groups excluding carboxylic acids is 1. The van der Waals surface area contributed by atoms with Crippen molar-refractivity contribution >= 4 is 22.9 Å². The minimum absolute atomic E-state index is 0.0276. The third-order valence-electron chi connectivity index (χ3n) is 3.68. The van der Waals surface area contributed by atoms with Crippen molar-refractivity contribution < 1.29 is 4.79 Å². The molecule has 2 aromatic rings. The molecule has 0 radical (unpaired) electrons. The summed E-state index contributed by atoms with van der Waals surface area (Å²) in [6.07, 6.45) is 4.58. The molecule has 7 nitrogen and oxygen atoms in total. The van der Waals surface area contributed by atoms with Gasteiger partial charge >= 0.3 is 0 Å². The van der Waals surface area contributed by atoms with Crippen LogP contribution in [0.15, 0.2) is 19.0 Å². The second-order valence-electron chi connectivity index (χ2n) is 5.07. The molecule has 0 aromatic carbocycles. The highest BCUT2D eigenvalue weighted by molar-refractivity contribution is 5.87. The van der Waals surface area contributed by atoms with E-state index in [2.05, 4.69) is 31.8 Å². The van der Waals surface area contributed by atoms with E-state index in [1.165, 1.54) is 12.4 Å². The Morgan fingerprint density at radius 2 is 2.48 bits per heavy atom. The van der Waals surface area contributed by atoms with E-state index in [9.17, 15) is 4.79 Å². The van der Waals surface area contributed by atoms with Gasteiger partial charge in [-0.15, -0.1) is 0 Å². The van der Waals surface area contributed by atoms with Gasteiger partial charge in [0.05, 0.1) is 0 Å². The number of amides is 1. The SMILES string of the molecule is C=CC(=O)N1CCC(Nc2ncnc3[nH]c(CC)nc23)C1. The van der Waals surface area contributed by atoms with Gasteiger partial charge in [0.15, 0.2) is 17.0 Å². The molecule has 1 aliphatic heterocycles. The maximum Gasteiger partial charge on any atom is 0.246 e. The maximum atomic E-state index is 11.6. The minimum Gasteiger partial charge on any atom is -0.364 e. The summed E-state index contributed by atoms with van der Waals surface area (Å²) < 4.78 is 0. The van der Waals surface area contributed by atoms with Gasteiger partial charge in [-0.2, -0.15) is 0 Å². The van der Waals surface area contributed by atoms with Gasteiger partial charge in [0.25, 0.3) is 0 Å². The predicted octanol–water partition coefficient (Wildman–Crippen LogP) is 1.11. The number of nitrogens with zero attached hydrogens (tertiary/aromatic N) is 4. The van der Waals surface area contributed by atoms with Crippen LogP contribution < -0.4 is 5.32 Å². The number of nitrogens with one attached hydrogen (secondary N) is 2. The van der Waals surface area contributed by atoms with Crippen LogP contribution in [-0.4, -0.2) is 49.9 Å². The number of anilines is 1.